The van der Waals surface area contributed by atoms with Gasteiger partial charge in [-0.3, -0.25) is 4.79 Å². The molecule has 6 nitrogen and oxygen atoms in total. The van der Waals surface area contributed by atoms with E-state index in [0.29, 0.717) is 13.0 Å². The van der Waals surface area contributed by atoms with Crippen LogP contribution in [0.4, 0.5) is 0 Å². The Balaban J connectivity index is 4.69. The Morgan fingerprint density at radius 3 is 2.35 bits per heavy atom. The van der Waals surface area contributed by atoms with Crippen molar-refractivity contribution in [3.63, 3.8) is 0 Å². The predicted octanol–water partition coefficient (Wildman–Crippen LogP) is 0.597. The molecule has 0 bridgehead atoms. The van der Waals surface area contributed by atoms with Gasteiger partial charge in [0.05, 0.1) is 12.7 Å². The second kappa shape index (κ2) is 11.2. The van der Waals surface area contributed by atoms with Crippen molar-refractivity contribution in [2.75, 3.05) is 34.2 Å². The number of aliphatic hydroxyl groups excluding tert-OH is 2. The zero-order chi connectivity index (χ0) is 15.5. The third kappa shape index (κ3) is 6.76. The fourth-order valence-corrected chi connectivity index (χ4v) is 2.00. The first-order valence-corrected chi connectivity index (χ1v) is 6.92. The van der Waals surface area contributed by atoms with Crippen LogP contribution in [0.1, 0.15) is 26.7 Å². The van der Waals surface area contributed by atoms with Gasteiger partial charge in [0.15, 0.2) is 5.78 Å². The maximum atomic E-state index is 12.3. The van der Waals surface area contributed by atoms with Crippen molar-refractivity contribution >= 4 is 5.78 Å². The fraction of sp³-hybridized carbons (Fsp3) is 0.929. The van der Waals surface area contributed by atoms with E-state index < -0.39 is 24.7 Å². The summed E-state index contributed by atoms with van der Waals surface area (Å²) < 4.78 is 15.3. The molecule has 0 aromatic heterocycles. The highest BCUT2D eigenvalue weighted by atomic mass is 16.7. The second-order valence-corrected chi connectivity index (χ2v) is 5.00. The summed E-state index contributed by atoms with van der Waals surface area (Å²) in [6.45, 7) is 3.75. The SMILES string of the molecule is CCC(COC)CC(=O)[C@H](OCOC)[C@H](C)[C@H](O)CO. The van der Waals surface area contributed by atoms with E-state index in [1.807, 2.05) is 6.92 Å². The number of aliphatic hydroxyl groups is 2. The van der Waals surface area contributed by atoms with Crippen LogP contribution in [0.3, 0.4) is 0 Å². The zero-order valence-corrected chi connectivity index (χ0v) is 12.9. The first kappa shape index (κ1) is 19.5. The van der Waals surface area contributed by atoms with E-state index in [1.165, 1.54) is 7.11 Å². The molecule has 0 saturated heterocycles. The van der Waals surface area contributed by atoms with E-state index in [1.54, 1.807) is 14.0 Å². The fourth-order valence-electron chi connectivity index (χ4n) is 2.00. The number of ketones is 1. The quantitative estimate of drug-likeness (QED) is 0.512. The lowest BCUT2D eigenvalue weighted by atomic mass is 9.90. The van der Waals surface area contributed by atoms with Crippen LogP contribution in [0.15, 0.2) is 0 Å². The highest BCUT2D eigenvalue weighted by molar-refractivity contribution is 5.83. The second-order valence-electron chi connectivity index (χ2n) is 5.00. The lowest BCUT2D eigenvalue weighted by molar-refractivity contribution is -0.152. The number of carbonyl (C=O) groups excluding carboxylic acids is 1. The Morgan fingerprint density at radius 2 is 1.90 bits per heavy atom. The smallest absolute Gasteiger partial charge is 0.162 e. The molecule has 120 valence electrons. The summed E-state index contributed by atoms with van der Waals surface area (Å²) in [7, 11) is 3.07. The molecular formula is C14H28O6. The molecule has 4 atom stereocenters. The van der Waals surface area contributed by atoms with E-state index in [2.05, 4.69) is 0 Å². The van der Waals surface area contributed by atoms with Crippen LogP contribution in [-0.2, 0) is 19.0 Å². The molecule has 6 heteroatoms. The standard InChI is InChI=1S/C14H28O6/c1-5-11(8-18-3)6-12(16)14(20-9-19-4)10(2)13(17)7-15/h10-11,13-15,17H,5-9H2,1-4H3/t10-,11?,13-,14-/m1/s1. The number of Topliss-reactive ketones (excluding diaryl/α,β-unsaturated/α-hetero) is 1. The van der Waals surface area contributed by atoms with Gasteiger partial charge in [-0.2, -0.15) is 0 Å². The molecule has 0 aliphatic carbocycles. The molecule has 0 aliphatic rings. The summed E-state index contributed by atoms with van der Waals surface area (Å²) in [5.74, 6) is -0.478. The van der Waals surface area contributed by atoms with Crippen LogP contribution in [0, 0.1) is 11.8 Å². The number of methoxy groups -OCH3 is 2. The Bertz CT molecular complexity index is 258. The summed E-state index contributed by atoms with van der Waals surface area (Å²) in [5, 5.41) is 18.7. The van der Waals surface area contributed by atoms with Crippen molar-refractivity contribution < 1.29 is 29.2 Å². The third-order valence-electron chi connectivity index (χ3n) is 3.42. The summed E-state index contributed by atoms with van der Waals surface area (Å²) in [6.07, 6.45) is -0.638. The molecule has 0 fully saturated rings. The minimum absolute atomic E-state index is 0.0278. The van der Waals surface area contributed by atoms with Gasteiger partial charge in [0, 0.05) is 33.2 Å². The van der Waals surface area contributed by atoms with E-state index in [-0.39, 0.29) is 18.5 Å². The van der Waals surface area contributed by atoms with Crippen molar-refractivity contribution in [1.82, 2.24) is 0 Å². The van der Waals surface area contributed by atoms with Gasteiger partial charge in [-0.25, -0.2) is 0 Å². The summed E-state index contributed by atoms with van der Waals surface area (Å²) in [4.78, 5) is 12.3. The lowest BCUT2D eigenvalue weighted by Crippen LogP contribution is -2.40. The molecule has 0 heterocycles. The molecule has 0 spiro atoms. The summed E-state index contributed by atoms with van der Waals surface area (Å²) in [5.41, 5.74) is 0. The number of ether oxygens (including phenoxy) is 3. The molecule has 0 saturated carbocycles. The average molecular weight is 292 g/mol. The maximum Gasteiger partial charge on any atom is 0.162 e. The van der Waals surface area contributed by atoms with Crippen molar-refractivity contribution in [2.24, 2.45) is 11.8 Å². The van der Waals surface area contributed by atoms with Crippen LogP contribution < -0.4 is 0 Å². The van der Waals surface area contributed by atoms with Gasteiger partial charge < -0.3 is 24.4 Å². The molecule has 0 radical (unpaired) electrons. The number of carbonyl (C=O) groups is 1. The van der Waals surface area contributed by atoms with Crippen molar-refractivity contribution in [1.29, 1.82) is 0 Å². The first-order valence-electron chi connectivity index (χ1n) is 6.92. The summed E-state index contributed by atoms with van der Waals surface area (Å²) in [6, 6.07) is 0. The highest BCUT2D eigenvalue weighted by Crippen LogP contribution is 2.19. The van der Waals surface area contributed by atoms with Crippen LogP contribution in [-0.4, -0.2) is 62.4 Å². The largest absolute Gasteiger partial charge is 0.394 e. The molecule has 2 N–H and O–H groups in total. The van der Waals surface area contributed by atoms with Gasteiger partial charge in [0.25, 0.3) is 0 Å². The first-order chi connectivity index (χ1) is 9.51. The highest BCUT2D eigenvalue weighted by Gasteiger charge is 2.31. The maximum absolute atomic E-state index is 12.3. The van der Waals surface area contributed by atoms with Gasteiger partial charge in [-0.1, -0.05) is 20.3 Å². The molecule has 0 rings (SSSR count). The normalized spacial score (nSPS) is 17.5. The third-order valence-corrected chi connectivity index (χ3v) is 3.42. The van der Waals surface area contributed by atoms with E-state index in [9.17, 15) is 9.90 Å². The van der Waals surface area contributed by atoms with E-state index in [0.717, 1.165) is 6.42 Å². The predicted molar refractivity (Wildman–Crippen MR) is 74.3 cm³/mol. The van der Waals surface area contributed by atoms with Crippen LogP contribution in [0.5, 0.6) is 0 Å². The van der Waals surface area contributed by atoms with Gasteiger partial charge in [0.1, 0.15) is 12.9 Å². The molecule has 0 amide bonds. The van der Waals surface area contributed by atoms with Crippen molar-refractivity contribution in [3.8, 4) is 0 Å². The minimum Gasteiger partial charge on any atom is -0.394 e. The minimum atomic E-state index is -0.997. The number of rotatable bonds is 12. The molecule has 0 aromatic rings. The Kier molecular flexibility index (Phi) is 10.9. The van der Waals surface area contributed by atoms with Crippen molar-refractivity contribution in [2.45, 2.75) is 38.9 Å². The van der Waals surface area contributed by atoms with Gasteiger partial charge in [-0.15, -0.1) is 0 Å². The van der Waals surface area contributed by atoms with Gasteiger partial charge >= 0.3 is 0 Å². The van der Waals surface area contributed by atoms with Crippen LogP contribution in [0.2, 0.25) is 0 Å². The number of hydrogen-bond acceptors (Lipinski definition) is 6. The zero-order valence-electron chi connectivity index (χ0n) is 12.9. The van der Waals surface area contributed by atoms with Crippen molar-refractivity contribution in [3.05, 3.63) is 0 Å². The summed E-state index contributed by atoms with van der Waals surface area (Å²) >= 11 is 0. The van der Waals surface area contributed by atoms with Crippen LogP contribution in [0.25, 0.3) is 0 Å². The lowest BCUT2D eigenvalue weighted by Gasteiger charge is -2.27. The molecule has 0 aromatic carbocycles. The Labute approximate surface area is 121 Å². The Morgan fingerprint density at radius 1 is 1.25 bits per heavy atom. The average Bonchev–Trinajstić information content (AvgIpc) is 2.45. The topological polar surface area (TPSA) is 85.2 Å². The monoisotopic (exact) mass is 292 g/mol. The molecule has 20 heavy (non-hydrogen) atoms. The number of hydrogen-bond donors (Lipinski definition) is 2. The van der Waals surface area contributed by atoms with Gasteiger partial charge in [0.2, 0.25) is 0 Å². The molecule has 1 unspecified atom stereocenters. The van der Waals surface area contributed by atoms with Gasteiger partial charge in [-0.05, 0) is 5.92 Å². The van der Waals surface area contributed by atoms with E-state index in [4.69, 9.17) is 19.3 Å². The molecule has 0 aliphatic heterocycles. The van der Waals surface area contributed by atoms with E-state index >= 15 is 0 Å². The molecular weight excluding hydrogens is 264 g/mol. The van der Waals surface area contributed by atoms with Crippen LogP contribution >= 0.6 is 0 Å². The Hall–Kier alpha value is -0.530.